The zero-order chi connectivity index (χ0) is 49.9. The van der Waals surface area contributed by atoms with Gasteiger partial charge in [-0.3, -0.25) is 14.5 Å². The molecule has 0 N–H and O–H groups in total. The third-order valence-corrected chi connectivity index (χ3v) is 12.7. The Morgan fingerprint density at radius 3 is 1.07 bits per heavy atom. The quantitative estimate of drug-likeness (QED) is 0.0331. The summed E-state index contributed by atoms with van der Waals surface area (Å²) < 4.78 is 23.2. The number of carbonyl (C=O) groups excluding carboxylic acids is 4. The Morgan fingerprint density at radius 1 is 0.388 bits per heavy atom. The maximum atomic E-state index is 13.4. The highest BCUT2D eigenvalue weighted by molar-refractivity contribution is 5.70. The van der Waals surface area contributed by atoms with Crippen LogP contribution in [-0.2, 0) is 28.5 Å². The summed E-state index contributed by atoms with van der Waals surface area (Å²) >= 11 is 0. The van der Waals surface area contributed by atoms with Crippen LogP contribution in [0.1, 0.15) is 217 Å². The molecule has 0 aliphatic rings. The minimum absolute atomic E-state index is 0.142. The predicted octanol–water partition coefficient (Wildman–Crippen LogP) is 13.2. The van der Waals surface area contributed by atoms with E-state index in [1.54, 1.807) is 9.80 Å². The van der Waals surface area contributed by atoms with E-state index in [1.165, 1.54) is 77.0 Å². The van der Waals surface area contributed by atoms with Gasteiger partial charge in [0.05, 0.1) is 13.2 Å². The Morgan fingerprint density at radius 2 is 0.746 bits per heavy atom. The molecule has 0 aliphatic heterocycles. The molecule has 0 saturated heterocycles. The van der Waals surface area contributed by atoms with Gasteiger partial charge in [0.2, 0.25) is 0 Å². The van der Waals surface area contributed by atoms with Crippen molar-refractivity contribution < 1.29 is 38.1 Å². The minimum atomic E-state index is -0.334. The van der Waals surface area contributed by atoms with Gasteiger partial charge in [0.15, 0.2) is 0 Å². The molecule has 67 heavy (non-hydrogen) atoms. The first-order valence-corrected chi connectivity index (χ1v) is 27.9. The lowest BCUT2D eigenvalue weighted by Crippen LogP contribution is -2.40. The third kappa shape index (κ3) is 37.9. The maximum Gasteiger partial charge on any atom is 0.409 e. The van der Waals surface area contributed by atoms with Crippen molar-refractivity contribution in [3.63, 3.8) is 0 Å². The second kappa shape index (κ2) is 44.6. The molecule has 396 valence electrons. The number of rotatable bonds is 46. The van der Waals surface area contributed by atoms with Gasteiger partial charge in [-0.1, -0.05) is 146 Å². The van der Waals surface area contributed by atoms with E-state index in [1.807, 2.05) is 0 Å². The van der Waals surface area contributed by atoms with Crippen LogP contribution in [0.15, 0.2) is 0 Å². The van der Waals surface area contributed by atoms with Gasteiger partial charge < -0.3 is 33.6 Å². The molecule has 0 saturated carbocycles. The molecule has 12 heteroatoms. The number of unbranched alkanes of at least 4 members (excludes halogenated alkanes) is 10. The second-order valence-electron chi connectivity index (χ2n) is 20.1. The van der Waals surface area contributed by atoms with E-state index in [4.69, 9.17) is 18.9 Å². The number of amides is 2. The predicted molar refractivity (Wildman–Crippen MR) is 278 cm³/mol. The zero-order valence-electron chi connectivity index (χ0n) is 45.5. The molecule has 0 rings (SSSR count). The standard InChI is InChI=1S/C55H108N4O8/c1-11-17-21-30-50(31-22-18-12-2)46-66-52(60)34-25-27-38-58(44-48(7)8)54(62)64-42-40-57(37-29-36-56(15-5)16-6)41-43-65-55(63)59(45-49(9)10)39-28-26-35-53(61)67-47-51(32-23-19-13-3)33-24-20-14-4/h48-51H,11-47H2,1-10H3. The number of hydrogen-bond acceptors (Lipinski definition) is 10. The first kappa shape index (κ1) is 64.4. The molecule has 12 nitrogen and oxygen atoms in total. The SMILES string of the molecule is CCCCCC(CCCCC)COC(=O)CCCCN(CC(C)C)C(=O)OCCN(CCCN(CC)CC)CCOC(=O)N(CCCCC(=O)OCC(CCCCC)CCCCC)CC(C)C. The van der Waals surface area contributed by atoms with E-state index in [0.717, 1.165) is 58.3 Å². The summed E-state index contributed by atoms with van der Waals surface area (Å²) in [5, 5.41) is 0. The third-order valence-electron chi connectivity index (χ3n) is 12.7. The molecule has 0 bridgehead atoms. The van der Waals surface area contributed by atoms with E-state index in [0.29, 0.717) is 103 Å². The van der Waals surface area contributed by atoms with Crippen molar-refractivity contribution in [2.45, 2.75) is 217 Å². The molecule has 0 fully saturated rings. The molecule has 0 aromatic rings. The number of ether oxygens (including phenoxy) is 4. The van der Waals surface area contributed by atoms with Crippen molar-refractivity contribution in [1.82, 2.24) is 19.6 Å². The first-order chi connectivity index (χ1) is 32.3. The summed E-state index contributed by atoms with van der Waals surface area (Å²) in [5.74, 6) is 1.15. The average Bonchev–Trinajstić information content (AvgIpc) is 3.30. The average molecular weight is 953 g/mol. The number of nitrogens with zero attached hydrogens (tertiary/aromatic N) is 4. The molecule has 0 atom stereocenters. The van der Waals surface area contributed by atoms with Crippen molar-refractivity contribution in [1.29, 1.82) is 0 Å². The van der Waals surface area contributed by atoms with Crippen molar-refractivity contribution in [2.24, 2.45) is 23.7 Å². The van der Waals surface area contributed by atoms with Gasteiger partial charge in [-0.25, -0.2) is 9.59 Å². The van der Waals surface area contributed by atoms with Crippen LogP contribution in [0.5, 0.6) is 0 Å². The molecule has 0 spiro atoms. The molecule has 0 heterocycles. The van der Waals surface area contributed by atoms with Crippen LogP contribution in [0.3, 0.4) is 0 Å². The van der Waals surface area contributed by atoms with E-state index >= 15 is 0 Å². The monoisotopic (exact) mass is 953 g/mol. The Labute approximate surface area is 413 Å². The van der Waals surface area contributed by atoms with Crippen molar-refractivity contribution >= 4 is 24.1 Å². The highest BCUT2D eigenvalue weighted by Crippen LogP contribution is 2.20. The maximum absolute atomic E-state index is 13.4. The fourth-order valence-corrected chi connectivity index (χ4v) is 8.56. The molecule has 0 unspecified atom stereocenters. The van der Waals surface area contributed by atoms with Gasteiger partial charge in [0.25, 0.3) is 0 Å². The smallest absolute Gasteiger partial charge is 0.409 e. The molecule has 2 amide bonds. The molecular weight excluding hydrogens is 845 g/mol. The van der Waals surface area contributed by atoms with Gasteiger partial charge >= 0.3 is 24.1 Å². The van der Waals surface area contributed by atoms with Crippen LogP contribution in [0.25, 0.3) is 0 Å². The highest BCUT2D eigenvalue weighted by atomic mass is 16.6. The topological polar surface area (TPSA) is 118 Å². The number of esters is 2. The molecule has 0 aromatic heterocycles. The molecule has 0 aliphatic carbocycles. The minimum Gasteiger partial charge on any atom is -0.465 e. The summed E-state index contributed by atoms with van der Waals surface area (Å²) in [5.41, 5.74) is 0. The normalized spacial score (nSPS) is 11.7. The van der Waals surface area contributed by atoms with Crippen molar-refractivity contribution in [3.05, 3.63) is 0 Å². The number of carbonyl (C=O) groups is 4. The van der Waals surface area contributed by atoms with Crippen LogP contribution in [-0.4, -0.2) is 136 Å². The van der Waals surface area contributed by atoms with E-state index in [2.05, 4.69) is 79.0 Å². The lowest BCUT2D eigenvalue weighted by Gasteiger charge is -2.27. The Kier molecular flexibility index (Phi) is 42.9. The summed E-state index contributed by atoms with van der Waals surface area (Å²) in [7, 11) is 0. The largest absolute Gasteiger partial charge is 0.465 e. The Hall–Kier alpha value is -2.60. The highest BCUT2D eigenvalue weighted by Gasteiger charge is 2.20. The summed E-state index contributed by atoms with van der Waals surface area (Å²) in [6.07, 6.45) is 22.7. The first-order valence-electron chi connectivity index (χ1n) is 27.9. The summed E-state index contributed by atoms with van der Waals surface area (Å²) in [6.45, 7) is 30.1. The van der Waals surface area contributed by atoms with Gasteiger partial charge in [-0.15, -0.1) is 0 Å². The van der Waals surface area contributed by atoms with E-state index in [-0.39, 0.29) is 49.2 Å². The van der Waals surface area contributed by atoms with Gasteiger partial charge in [-0.2, -0.15) is 0 Å². The molecule has 0 radical (unpaired) electrons. The van der Waals surface area contributed by atoms with Gasteiger partial charge in [-0.05, 0) is 108 Å². The fraction of sp³-hybridized carbons (Fsp3) is 0.927. The van der Waals surface area contributed by atoms with Crippen LogP contribution in [0.4, 0.5) is 9.59 Å². The van der Waals surface area contributed by atoms with Gasteiger partial charge in [0, 0.05) is 52.1 Å². The summed E-state index contributed by atoms with van der Waals surface area (Å²) in [6, 6.07) is 0. The molecular formula is C55H108N4O8. The second-order valence-corrected chi connectivity index (χ2v) is 20.1. The van der Waals surface area contributed by atoms with Gasteiger partial charge in [0.1, 0.15) is 13.2 Å². The lowest BCUT2D eigenvalue weighted by molar-refractivity contribution is -0.146. The summed E-state index contributed by atoms with van der Waals surface area (Å²) in [4.78, 5) is 60.3. The molecule has 0 aromatic carbocycles. The van der Waals surface area contributed by atoms with Crippen LogP contribution in [0.2, 0.25) is 0 Å². The Balaban J connectivity index is 5.16. The van der Waals surface area contributed by atoms with Crippen molar-refractivity contribution in [3.8, 4) is 0 Å². The fourth-order valence-electron chi connectivity index (χ4n) is 8.56. The van der Waals surface area contributed by atoms with Crippen molar-refractivity contribution in [2.75, 3.05) is 91.9 Å². The van der Waals surface area contributed by atoms with Crippen LogP contribution < -0.4 is 0 Å². The Bertz CT molecular complexity index is 1090. The van der Waals surface area contributed by atoms with E-state index < -0.39 is 0 Å². The lowest BCUT2D eigenvalue weighted by atomic mass is 9.96. The zero-order valence-corrected chi connectivity index (χ0v) is 45.5. The number of hydrogen-bond donors (Lipinski definition) is 0. The van der Waals surface area contributed by atoms with Crippen LogP contribution in [0, 0.1) is 23.7 Å². The van der Waals surface area contributed by atoms with Crippen LogP contribution >= 0.6 is 0 Å². The van der Waals surface area contributed by atoms with E-state index in [9.17, 15) is 19.2 Å².